The lowest BCUT2D eigenvalue weighted by molar-refractivity contribution is 0.0535. The molecule has 0 atom stereocenters. The Morgan fingerprint density at radius 2 is 1.50 bits per heavy atom. The van der Waals surface area contributed by atoms with Crippen LogP contribution in [0.1, 0.15) is 52.0 Å². The largest absolute Gasteiger partial charge is 0.346 e. The number of aromatic nitrogens is 2. The zero-order valence-corrected chi connectivity index (χ0v) is 15.9. The van der Waals surface area contributed by atoms with Crippen LogP contribution in [0.2, 0.25) is 0 Å². The Balaban J connectivity index is 1.68. The number of rotatable bonds is 3. The molecule has 2 aromatic rings. The number of nitrogens with zero attached hydrogens (tertiary/aromatic N) is 4. The van der Waals surface area contributed by atoms with Gasteiger partial charge in [0.25, 0.3) is 11.8 Å². The number of aryl methyl sites for hydroxylation is 1. The third-order valence-electron chi connectivity index (χ3n) is 5.01. The Morgan fingerprint density at radius 1 is 0.962 bits per heavy atom. The van der Waals surface area contributed by atoms with E-state index >= 15 is 0 Å². The van der Waals surface area contributed by atoms with Gasteiger partial charge in [-0.2, -0.15) is 0 Å². The highest BCUT2D eigenvalue weighted by Gasteiger charge is 2.27. The fraction of sp³-hybridized carbons (Fsp3) is 0.450. The minimum atomic E-state index is -0.00233. The van der Waals surface area contributed by atoms with Crippen molar-refractivity contribution in [2.24, 2.45) is 0 Å². The van der Waals surface area contributed by atoms with Crippen molar-refractivity contribution in [2.45, 2.75) is 33.7 Å². The van der Waals surface area contributed by atoms with Gasteiger partial charge >= 0.3 is 0 Å². The molecule has 2 amide bonds. The first-order chi connectivity index (χ1) is 12.4. The molecule has 0 radical (unpaired) electrons. The SMILES string of the molecule is Cc1cc(C(=O)N2CCN(C(=O)c3ccncc3)CC2)c(C)n1C(C)C. The summed E-state index contributed by atoms with van der Waals surface area (Å²) in [6.07, 6.45) is 3.25. The van der Waals surface area contributed by atoms with Gasteiger partial charge in [0.2, 0.25) is 0 Å². The lowest BCUT2D eigenvalue weighted by Gasteiger charge is -2.34. The van der Waals surface area contributed by atoms with Crippen molar-refractivity contribution in [2.75, 3.05) is 26.2 Å². The fourth-order valence-electron chi connectivity index (χ4n) is 3.75. The van der Waals surface area contributed by atoms with Gasteiger partial charge in [0.05, 0.1) is 5.56 Å². The summed E-state index contributed by atoms with van der Waals surface area (Å²) in [6, 6.07) is 5.75. The smallest absolute Gasteiger partial charge is 0.255 e. The summed E-state index contributed by atoms with van der Waals surface area (Å²) in [6.45, 7) is 10.5. The average molecular weight is 354 g/mol. The monoisotopic (exact) mass is 354 g/mol. The van der Waals surface area contributed by atoms with Crippen molar-refractivity contribution in [3.8, 4) is 0 Å². The second kappa shape index (κ2) is 7.32. The molecule has 0 unspecified atom stereocenters. The molecule has 26 heavy (non-hydrogen) atoms. The first-order valence-corrected chi connectivity index (χ1v) is 9.07. The molecule has 1 saturated heterocycles. The highest BCUT2D eigenvalue weighted by molar-refractivity contribution is 5.96. The van der Waals surface area contributed by atoms with Crippen molar-refractivity contribution in [3.05, 3.63) is 53.1 Å². The van der Waals surface area contributed by atoms with E-state index in [1.54, 1.807) is 29.4 Å². The Labute approximate surface area is 154 Å². The molecule has 1 fully saturated rings. The molecule has 6 nitrogen and oxygen atoms in total. The van der Waals surface area contributed by atoms with E-state index in [0.717, 1.165) is 17.0 Å². The summed E-state index contributed by atoms with van der Waals surface area (Å²) < 4.78 is 2.19. The van der Waals surface area contributed by atoms with Crippen molar-refractivity contribution in [3.63, 3.8) is 0 Å². The van der Waals surface area contributed by atoms with Crippen LogP contribution < -0.4 is 0 Å². The standard InChI is InChI=1S/C20H26N4O2/c1-14(2)24-15(3)13-18(16(24)4)20(26)23-11-9-22(10-12-23)19(25)17-5-7-21-8-6-17/h5-8,13-14H,9-12H2,1-4H3. The van der Waals surface area contributed by atoms with E-state index in [1.807, 2.05) is 24.8 Å². The summed E-state index contributed by atoms with van der Waals surface area (Å²) in [4.78, 5) is 33.1. The van der Waals surface area contributed by atoms with Crippen LogP contribution in [0, 0.1) is 13.8 Å². The highest BCUT2D eigenvalue weighted by atomic mass is 16.2. The van der Waals surface area contributed by atoms with Gasteiger partial charge in [0.1, 0.15) is 0 Å². The van der Waals surface area contributed by atoms with E-state index in [-0.39, 0.29) is 11.8 Å². The highest BCUT2D eigenvalue weighted by Crippen LogP contribution is 2.22. The predicted molar refractivity (Wildman–Crippen MR) is 100 cm³/mol. The Kier molecular flexibility index (Phi) is 5.11. The summed E-state index contributed by atoms with van der Waals surface area (Å²) in [5.74, 6) is 0.0542. The fourth-order valence-corrected chi connectivity index (χ4v) is 3.75. The van der Waals surface area contributed by atoms with Crippen molar-refractivity contribution in [1.82, 2.24) is 19.4 Å². The van der Waals surface area contributed by atoms with Gasteiger partial charge in [-0.05, 0) is 45.9 Å². The molecule has 0 bridgehead atoms. The maximum atomic E-state index is 13.0. The number of hydrogen-bond acceptors (Lipinski definition) is 3. The maximum absolute atomic E-state index is 13.0. The molecule has 1 aliphatic heterocycles. The van der Waals surface area contributed by atoms with Gasteiger partial charge in [0, 0.05) is 61.6 Å². The van der Waals surface area contributed by atoms with Gasteiger partial charge in [-0.1, -0.05) is 0 Å². The van der Waals surface area contributed by atoms with Crippen LogP contribution in [0.25, 0.3) is 0 Å². The summed E-state index contributed by atoms with van der Waals surface area (Å²) in [5.41, 5.74) is 3.52. The number of carbonyl (C=O) groups is 2. The number of pyridine rings is 1. The van der Waals surface area contributed by atoms with Gasteiger partial charge in [-0.25, -0.2) is 0 Å². The van der Waals surface area contributed by atoms with Crippen LogP contribution in [0.3, 0.4) is 0 Å². The molecule has 1 aliphatic rings. The van der Waals surface area contributed by atoms with Gasteiger partial charge in [-0.15, -0.1) is 0 Å². The van der Waals surface area contributed by atoms with Crippen molar-refractivity contribution < 1.29 is 9.59 Å². The molecule has 0 saturated carbocycles. The third kappa shape index (κ3) is 3.36. The van der Waals surface area contributed by atoms with E-state index in [0.29, 0.717) is 37.8 Å². The molecule has 0 aliphatic carbocycles. The van der Waals surface area contributed by atoms with Gasteiger partial charge in [0.15, 0.2) is 0 Å². The van der Waals surface area contributed by atoms with Crippen molar-refractivity contribution in [1.29, 1.82) is 0 Å². The van der Waals surface area contributed by atoms with E-state index in [4.69, 9.17) is 0 Å². The molecule has 0 spiro atoms. The normalized spacial score (nSPS) is 14.8. The minimum absolute atomic E-state index is 0.00233. The molecule has 6 heteroatoms. The zero-order chi connectivity index (χ0) is 18.8. The Hall–Kier alpha value is -2.63. The Bertz CT molecular complexity index is 803. The molecule has 2 aromatic heterocycles. The zero-order valence-electron chi connectivity index (χ0n) is 15.9. The molecular weight excluding hydrogens is 328 g/mol. The molecule has 3 heterocycles. The van der Waals surface area contributed by atoms with Crippen LogP contribution in [-0.2, 0) is 0 Å². The number of piperazine rings is 1. The number of carbonyl (C=O) groups excluding carboxylic acids is 2. The quantitative estimate of drug-likeness (QED) is 0.851. The topological polar surface area (TPSA) is 58.4 Å². The number of hydrogen-bond donors (Lipinski definition) is 0. The Morgan fingerprint density at radius 3 is 2.00 bits per heavy atom. The molecular formula is C20H26N4O2. The van der Waals surface area contributed by atoms with Gasteiger partial charge < -0.3 is 14.4 Å². The van der Waals surface area contributed by atoms with Crippen LogP contribution in [0.15, 0.2) is 30.6 Å². The number of amides is 2. The van der Waals surface area contributed by atoms with Crippen LogP contribution in [0.5, 0.6) is 0 Å². The van der Waals surface area contributed by atoms with Gasteiger partial charge in [-0.3, -0.25) is 14.6 Å². The van der Waals surface area contributed by atoms with Crippen LogP contribution in [0.4, 0.5) is 0 Å². The van der Waals surface area contributed by atoms with E-state index in [9.17, 15) is 9.59 Å². The summed E-state index contributed by atoms with van der Waals surface area (Å²) in [5, 5.41) is 0. The molecule has 138 valence electrons. The van der Waals surface area contributed by atoms with E-state index < -0.39 is 0 Å². The third-order valence-corrected chi connectivity index (χ3v) is 5.01. The first-order valence-electron chi connectivity index (χ1n) is 9.07. The summed E-state index contributed by atoms with van der Waals surface area (Å²) in [7, 11) is 0. The predicted octanol–water partition coefficient (Wildman–Crippen LogP) is 2.68. The lowest BCUT2D eigenvalue weighted by Crippen LogP contribution is -2.50. The van der Waals surface area contributed by atoms with Crippen LogP contribution >= 0.6 is 0 Å². The lowest BCUT2D eigenvalue weighted by atomic mass is 10.1. The maximum Gasteiger partial charge on any atom is 0.255 e. The molecule has 0 N–H and O–H groups in total. The second-order valence-electron chi connectivity index (χ2n) is 7.07. The average Bonchev–Trinajstić information content (AvgIpc) is 2.95. The second-order valence-corrected chi connectivity index (χ2v) is 7.07. The molecule has 0 aromatic carbocycles. The van der Waals surface area contributed by atoms with E-state index in [1.165, 1.54) is 0 Å². The van der Waals surface area contributed by atoms with E-state index in [2.05, 4.69) is 23.4 Å². The van der Waals surface area contributed by atoms with Crippen molar-refractivity contribution >= 4 is 11.8 Å². The summed E-state index contributed by atoms with van der Waals surface area (Å²) >= 11 is 0. The minimum Gasteiger partial charge on any atom is -0.346 e. The van der Waals surface area contributed by atoms with Crippen LogP contribution in [-0.4, -0.2) is 57.3 Å². The molecule has 3 rings (SSSR count). The first kappa shape index (κ1) is 18.2.